The van der Waals surface area contributed by atoms with Crippen LogP contribution >= 0.6 is 0 Å². The maximum atomic E-state index is 9.50. The molecule has 1 aliphatic heterocycles. The van der Waals surface area contributed by atoms with E-state index in [-0.39, 0.29) is 12.6 Å². The SMILES string of the molecule is OC[C@H](NC1CCCNCC1)c1ccccc1. The van der Waals surface area contributed by atoms with Gasteiger partial charge in [-0.05, 0) is 37.9 Å². The van der Waals surface area contributed by atoms with Crippen LogP contribution in [0.4, 0.5) is 0 Å². The lowest BCUT2D eigenvalue weighted by atomic mass is 10.0. The smallest absolute Gasteiger partial charge is 0.0626 e. The summed E-state index contributed by atoms with van der Waals surface area (Å²) in [6.07, 6.45) is 3.55. The van der Waals surface area contributed by atoms with Crippen LogP contribution in [0.2, 0.25) is 0 Å². The first kappa shape index (κ1) is 12.6. The van der Waals surface area contributed by atoms with E-state index in [2.05, 4.69) is 22.8 Å². The van der Waals surface area contributed by atoms with Crippen molar-refractivity contribution in [2.24, 2.45) is 0 Å². The molecule has 2 rings (SSSR count). The quantitative estimate of drug-likeness (QED) is 0.739. The highest BCUT2D eigenvalue weighted by Crippen LogP contribution is 2.15. The summed E-state index contributed by atoms with van der Waals surface area (Å²) in [5.74, 6) is 0. The van der Waals surface area contributed by atoms with Gasteiger partial charge < -0.3 is 15.7 Å². The zero-order valence-corrected chi connectivity index (χ0v) is 10.2. The monoisotopic (exact) mass is 234 g/mol. The first-order valence-electron chi connectivity index (χ1n) is 6.52. The number of hydrogen-bond acceptors (Lipinski definition) is 3. The van der Waals surface area contributed by atoms with Gasteiger partial charge in [0.2, 0.25) is 0 Å². The summed E-state index contributed by atoms with van der Waals surface area (Å²) in [6, 6.07) is 10.8. The van der Waals surface area contributed by atoms with E-state index < -0.39 is 0 Å². The van der Waals surface area contributed by atoms with Gasteiger partial charge in [0.15, 0.2) is 0 Å². The summed E-state index contributed by atoms with van der Waals surface area (Å²) in [5.41, 5.74) is 1.17. The summed E-state index contributed by atoms with van der Waals surface area (Å²) in [4.78, 5) is 0. The Morgan fingerprint density at radius 2 is 2.06 bits per heavy atom. The summed E-state index contributed by atoms with van der Waals surface area (Å²) in [5, 5.41) is 16.5. The second-order valence-electron chi connectivity index (χ2n) is 4.69. The molecule has 3 heteroatoms. The van der Waals surface area contributed by atoms with Crippen molar-refractivity contribution in [3.05, 3.63) is 35.9 Å². The van der Waals surface area contributed by atoms with E-state index in [1.165, 1.54) is 18.4 Å². The maximum absolute atomic E-state index is 9.50. The number of aliphatic hydroxyl groups excluding tert-OH is 1. The molecule has 0 amide bonds. The number of nitrogens with one attached hydrogen (secondary N) is 2. The number of benzene rings is 1. The third-order valence-corrected chi connectivity index (χ3v) is 3.40. The molecule has 1 aliphatic rings. The predicted molar refractivity (Wildman–Crippen MR) is 69.9 cm³/mol. The van der Waals surface area contributed by atoms with Gasteiger partial charge in [0.1, 0.15) is 0 Å². The lowest BCUT2D eigenvalue weighted by Gasteiger charge is -2.23. The lowest BCUT2D eigenvalue weighted by Crippen LogP contribution is -2.35. The summed E-state index contributed by atoms with van der Waals surface area (Å²) >= 11 is 0. The van der Waals surface area contributed by atoms with Crippen molar-refractivity contribution in [3.63, 3.8) is 0 Å². The Hall–Kier alpha value is -0.900. The highest BCUT2D eigenvalue weighted by molar-refractivity contribution is 5.19. The Bertz CT molecular complexity index is 307. The van der Waals surface area contributed by atoms with Crippen LogP contribution in [0.3, 0.4) is 0 Å². The minimum Gasteiger partial charge on any atom is -0.394 e. The van der Waals surface area contributed by atoms with Gasteiger partial charge in [0.05, 0.1) is 12.6 Å². The Balaban J connectivity index is 1.94. The van der Waals surface area contributed by atoms with Crippen molar-refractivity contribution in [3.8, 4) is 0 Å². The van der Waals surface area contributed by atoms with Gasteiger partial charge in [-0.3, -0.25) is 0 Å². The number of rotatable bonds is 4. The third-order valence-electron chi connectivity index (χ3n) is 3.40. The van der Waals surface area contributed by atoms with E-state index >= 15 is 0 Å². The highest BCUT2D eigenvalue weighted by Gasteiger charge is 2.17. The summed E-state index contributed by atoms with van der Waals surface area (Å²) in [7, 11) is 0. The van der Waals surface area contributed by atoms with Crippen molar-refractivity contribution >= 4 is 0 Å². The molecule has 3 nitrogen and oxygen atoms in total. The van der Waals surface area contributed by atoms with Gasteiger partial charge in [-0.1, -0.05) is 30.3 Å². The average molecular weight is 234 g/mol. The van der Waals surface area contributed by atoms with Gasteiger partial charge in [0.25, 0.3) is 0 Å². The molecule has 3 N–H and O–H groups in total. The van der Waals surface area contributed by atoms with Gasteiger partial charge >= 0.3 is 0 Å². The molecule has 1 heterocycles. The van der Waals surface area contributed by atoms with Crippen molar-refractivity contribution in [2.45, 2.75) is 31.3 Å². The van der Waals surface area contributed by atoms with Gasteiger partial charge in [-0.15, -0.1) is 0 Å². The van der Waals surface area contributed by atoms with Crippen LogP contribution in [0.5, 0.6) is 0 Å². The Labute approximate surface area is 103 Å². The van der Waals surface area contributed by atoms with Gasteiger partial charge in [-0.25, -0.2) is 0 Å². The van der Waals surface area contributed by atoms with Gasteiger partial charge in [0, 0.05) is 6.04 Å². The number of hydrogen-bond donors (Lipinski definition) is 3. The molecule has 1 fully saturated rings. The average Bonchev–Trinajstić information content (AvgIpc) is 2.65. The van der Waals surface area contributed by atoms with Crippen molar-refractivity contribution < 1.29 is 5.11 Å². The molecule has 17 heavy (non-hydrogen) atoms. The predicted octanol–water partition coefficient (Wildman–Crippen LogP) is 1.45. The second kappa shape index (κ2) is 6.74. The van der Waals surface area contributed by atoms with E-state index in [1.54, 1.807) is 0 Å². The fourth-order valence-corrected chi connectivity index (χ4v) is 2.41. The normalized spacial score (nSPS) is 23.0. The fourth-order valence-electron chi connectivity index (χ4n) is 2.41. The van der Waals surface area contributed by atoms with Crippen LogP contribution in [0.1, 0.15) is 30.9 Å². The van der Waals surface area contributed by atoms with E-state index in [4.69, 9.17) is 0 Å². The first-order valence-corrected chi connectivity index (χ1v) is 6.52. The first-order chi connectivity index (χ1) is 8.40. The molecular formula is C14H22N2O. The fraction of sp³-hybridized carbons (Fsp3) is 0.571. The highest BCUT2D eigenvalue weighted by atomic mass is 16.3. The molecule has 94 valence electrons. The number of aliphatic hydroxyl groups is 1. The van der Waals surface area contributed by atoms with Crippen molar-refractivity contribution in [1.82, 2.24) is 10.6 Å². The Kier molecular flexibility index (Phi) is 4.98. The second-order valence-corrected chi connectivity index (χ2v) is 4.69. The van der Waals surface area contributed by atoms with Crippen LogP contribution < -0.4 is 10.6 Å². The standard InChI is InChI=1S/C14H22N2O/c17-11-14(12-5-2-1-3-6-12)16-13-7-4-9-15-10-8-13/h1-3,5-6,13-17H,4,7-11H2/t13?,14-/m0/s1. The van der Waals surface area contributed by atoms with E-state index in [9.17, 15) is 5.11 Å². The molecule has 2 atom stereocenters. The molecule has 0 radical (unpaired) electrons. The van der Waals surface area contributed by atoms with Crippen LogP contribution in [0.15, 0.2) is 30.3 Å². The molecule has 1 aromatic carbocycles. The molecular weight excluding hydrogens is 212 g/mol. The van der Waals surface area contributed by atoms with Gasteiger partial charge in [-0.2, -0.15) is 0 Å². The third kappa shape index (κ3) is 3.80. The molecule has 1 aromatic rings. The van der Waals surface area contributed by atoms with Crippen LogP contribution in [-0.4, -0.2) is 30.8 Å². The Morgan fingerprint density at radius 1 is 1.24 bits per heavy atom. The summed E-state index contributed by atoms with van der Waals surface area (Å²) in [6.45, 7) is 2.35. The van der Waals surface area contributed by atoms with Crippen molar-refractivity contribution in [2.75, 3.05) is 19.7 Å². The molecule has 0 spiro atoms. The summed E-state index contributed by atoms with van der Waals surface area (Å²) < 4.78 is 0. The molecule has 0 aromatic heterocycles. The Morgan fingerprint density at radius 3 is 2.82 bits per heavy atom. The zero-order chi connectivity index (χ0) is 11.9. The van der Waals surface area contributed by atoms with E-state index in [0.717, 1.165) is 19.5 Å². The van der Waals surface area contributed by atoms with Crippen LogP contribution in [0, 0.1) is 0 Å². The maximum Gasteiger partial charge on any atom is 0.0626 e. The van der Waals surface area contributed by atoms with E-state index in [1.807, 2.05) is 18.2 Å². The molecule has 0 bridgehead atoms. The zero-order valence-electron chi connectivity index (χ0n) is 10.2. The largest absolute Gasteiger partial charge is 0.394 e. The lowest BCUT2D eigenvalue weighted by molar-refractivity contribution is 0.229. The van der Waals surface area contributed by atoms with Crippen LogP contribution in [-0.2, 0) is 0 Å². The van der Waals surface area contributed by atoms with Crippen LogP contribution in [0.25, 0.3) is 0 Å². The molecule has 0 saturated carbocycles. The minimum absolute atomic E-state index is 0.0688. The minimum atomic E-state index is 0.0688. The molecule has 0 aliphatic carbocycles. The van der Waals surface area contributed by atoms with E-state index in [0.29, 0.717) is 6.04 Å². The molecule has 1 saturated heterocycles. The topological polar surface area (TPSA) is 44.3 Å². The molecule has 1 unspecified atom stereocenters. The van der Waals surface area contributed by atoms with Crippen molar-refractivity contribution in [1.29, 1.82) is 0 Å².